The molecule has 0 amide bonds. The van der Waals surface area contributed by atoms with E-state index in [1.54, 1.807) is 0 Å². The predicted octanol–water partition coefficient (Wildman–Crippen LogP) is 3.54. The van der Waals surface area contributed by atoms with Crippen LogP contribution < -0.4 is 0 Å². The molecule has 0 saturated carbocycles. The summed E-state index contributed by atoms with van der Waals surface area (Å²) in [5.41, 5.74) is 3.74. The van der Waals surface area contributed by atoms with Gasteiger partial charge in [0.1, 0.15) is 11.5 Å². The van der Waals surface area contributed by atoms with Crippen LogP contribution in [-0.4, -0.2) is 11.9 Å². The number of hydrogen-bond donors (Lipinski definition) is 0. The highest BCUT2D eigenvalue weighted by Crippen LogP contribution is 2.55. The van der Waals surface area contributed by atoms with E-state index >= 15 is 0 Å². The summed E-state index contributed by atoms with van der Waals surface area (Å²) in [4.78, 5) is 23.1. The zero-order chi connectivity index (χ0) is 15.4. The van der Waals surface area contributed by atoms with Crippen LogP contribution in [0.2, 0.25) is 0 Å². The molecule has 4 nitrogen and oxygen atoms in total. The lowest BCUT2D eigenvalue weighted by atomic mass is 9.64. The second kappa shape index (κ2) is 4.58. The van der Waals surface area contributed by atoms with Gasteiger partial charge in [0.05, 0.1) is 0 Å². The van der Waals surface area contributed by atoms with E-state index in [1.165, 1.54) is 6.92 Å². The van der Waals surface area contributed by atoms with Crippen LogP contribution in [0.5, 0.6) is 0 Å². The van der Waals surface area contributed by atoms with Crippen molar-refractivity contribution >= 4 is 11.9 Å². The summed E-state index contributed by atoms with van der Waals surface area (Å²) in [7, 11) is 0. The van der Waals surface area contributed by atoms with Crippen LogP contribution in [0, 0.1) is 5.41 Å². The lowest BCUT2D eigenvalue weighted by Crippen LogP contribution is -2.30. The Morgan fingerprint density at radius 2 is 1.86 bits per heavy atom. The molecule has 0 saturated heterocycles. The highest BCUT2D eigenvalue weighted by atomic mass is 16.5. The van der Waals surface area contributed by atoms with Crippen molar-refractivity contribution in [3.8, 4) is 0 Å². The van der Waals surface area contributed by atoms with Crippen LogP contribution >= 0.6 is 0 Å². The monoisotopic (exact) mass is 288 g/mol. The molecule has 0 unspecified atom stereocenters. The van der Waals surface area contributed by atoms with Crippen LogP contribution in [0.15, 0.2) is 33.8 Å². The van der Waals surface area contributed by atoms with E-state index in [-0.39, 0.29) is 17.4 Å². The zero-order valence-electron chi connectivity index (χ0n) is 13.0. The van der Waals surface area contributed by atoms with Gasteiger partial charge in [0.15, 0.2) is 0 Å². The number of esters is 2. The van der Waals surface area contributed by atoms with Crippen LogP contribution in [0.4, 0.5) is 0 Å². The molecule has 0 N–H and O–H groups in total. The number of carbonyl (C=O) groups is 2. The average Bonchev–Trinajstić information content (AvgIpc) is 2.68. The number of fused-ring (bicyclic) bond motifs is 2. The number of ether oxygens (including phenoxy) is 2. The van der Waals surface area contributed by atoms with Gasteiger partial charge in [0.25, 0.3) is 0 Å². The lowest BCUT2D eigenvalue weighted by molar-refractivity contribution is -0.137. The van der Waals surface area contributed by atoms with Crippen molar-refractivity contribution in [3.63, 3.8) is 0 Å². The summed E-state index contributed by atoms with van der Waals surface area (Å²) < 4.78 is 10.9. The third kappa shape index (κ3) is 2.04. The van der Waals surface area contributed by atoms with Gasteiger partial charge in [0.2, 0.25) is 0 Å². The first-order valence-corrected chi connectivity index (χ1v) is 7.39. The second-order valence-corrected chi connectivity index (χ2v) is 6.40. The quantitative estimate of drug-likeness (QED) is 0.692. The van der Waals surface area contributed by atoms with Crippen molar-refractivity contribution < 1.29 is 19.1 Å². The minimum atomic E-state index is -0.301. The molecule has 21 heavy (non-hydrogen) atoms. The number of rotatable bonds is 1. The van der Waals surface area contributed by atoms with Gasteiger partial charge >= 0.3 is 11.9 Å². The fourth-order valence-electron chi connectivity index (χ4n) is 3.72. The van der Waals surface area contributed by atoms with E-state index in [0.29, 0.717) is 17.1 Å². The van der Waals surface area contributed by atoms with Gasteiger partial charge < -0.3 is 9.47 Å². The number of allylic oxidation sites excluding steroid dienone is 4. The Morgan fingerprint density at radius 1 is 1.19 bits per heavy atom. The average molecular weight is 288 g/mol. The van der Waals surface area contributed by atoms with Crippen molar-refractivity contribution in [1.82, 2.24) is 0 Å². The van der Waals surface area contributed by atoms with Crippen molar-refractivity contribution in [2.45, 2.75) is 53.4 Å². The summed E-state index contributed by atoms with van der Waals surface area (Å²) in [6.45, 7) is 7.41. The van der Waals surface area contributed by atoms with Gasteiger partial charge in [0, 0.05) is 30.1 Å². The van der Waals surface area contributed by atoms with E-state index in [0.717, 1.165) is 42.4 Å². The molecule has 3 rings (SSSR count). The Labute approximate surface area is 124 Å². The first-order chi connectivity index (χ1) is 9.83. The topological polar surface area (TPSA) is 52.6 Å². The molecule has 1 atom stereocenters. The Morgan fingerprint density at radius 3 is 2.52 bits per heavy atom. The molecule has 0 spiro atoms. The first kappa shape index (κ1) is 14.1. The van der Waals surface area contributed by atoms with Crippen molar-refractivity contribution in [3.05, 3.63) is 33.8 Å². The van der Waals surface area contributed by atoms with Crippen molar-refractivity contribution in [1.29, 1.82) is 0 Å². The fourth-order valence-corrected chi connectivity index (χ4v) is 3.72. The van der Waals surface area contributed by atoms with Crippen LogP contribution in [0.25, 0.3) is 0 Å². The maximum Gasteiger partial charge on any atom is 0.339 e. The highest BCUT2D eigenvalue weighted by molar-refractivity contribution is 5.94. The molecule has 0 aromatic carbocycles. The smallest absolute Gasteiger partial charge is 0.339 e. The standard InChI is InChI=1S/C17H20O4/c1-9-12-5-7-17(4)8-6-13(20-11(3)18)10(2)14(17)15(12)21-16(9)19/h5-8H2,1-4H3/t17-/m0/s1. The Kier molecular flexibility index (Phi) is 3.08. The van der Waals surface area contributed by atoms with Gasteiger partial charge in [-0.05, 0) is 44.1 Å². The van der Waals surface area contributed by atoms with Crippen molar-refractivity contribution in [2.24, 2.45) is 5.41 Å². The molecule has 112 valence electrons. The molecule has 4 heteroatoms. The van der Waals surface area contributed by atoms with Gasteiger partial charge in [-0.25, -0.2) is 4.79 Å². The molecule has 3 aliphatic rings. The van der Waals surface area contributed by atoms with E-state index in [9.17, 15) is 9.59 Å². The summed E-state index contributed by atoms with van der Waals surface area (Å²) in [6, 6.07) is 0. The molecular weight excluding hydrogens is 268 g/mol. The largest absolute Gasteiger partial charge is 0.431 e. The Hall–Kier alpha value is -1.84. The predicted molar refractivity (Wildman–Crippen MR) is 76.9 cm³/mol. The highest BCUT2D eigenvalue weighted by Gasteiger charge is 2.45. The van der Waals surface area contributed by atoms with Crippen LogP contribution in [-0.2, 0) is 19.1 Å². The number of carbonyl (C=O) groups excluding carboxylic acids is 2. The zero-order valence-corrected chi connectivity index (χ0v) is 13.0. The summed E-state index contributed by atoms with van der Waals surface area (Å²) >= 11 is 0. The summed E-state index contributed by atoms with van der Waals surface area (Å²) in [5.74, 6) is 0.881. The van der Waals surface area contributed by atoms with Crippen LogP contribution in [0.3, 0.4) is 0 Å². The SMILES string of the molecule is CC(=O)OC1=C(C)C2=C3OC(=O)C(C)=C3CC[C@@]2(C)CC1. The van der Waals surface area contributed by atoms with E-state index < -0.39 is 0 Å². The Balaban J connectivity index is 2.18. The first-order valence-electron chi connectivity index (χ1n) is 7.39. The molecule has 1 aliphatic heterocycles. The van der Waals surface area contributed by atoms with E-state index in [4.69, 9.17) is 9.47 Å². The third-order valence-electron chi connectivity index (χ3n) is 4.95. The molecule has 0 radical (unpaired) electrons. The maximum absolute atomic E-state index is 11.9. The van der Waals surface area contributed by atoms with Gasteiger partial charge in [-0.2, -0.15) is 0 Å². The minimum Gasteiger partial charge on any atom is -0.431 e. The molecule has 1 heterocycles. The maximum atomic E-state index is 11.9. The second-order valence-electron chi connectivity index (χ2n) is 6.40. The molecule has 2 aliphatic carbocycles. The molecular formula is C17H20O4. The van der Waals surface area contributed by atoms with Gasteiger partial charge in [-0.1, -0.05) is 6.92 Å². The molecule has 0 aromatic heterocycles. The van der Waals surface area contributed by atoms with Crippen molar-refractivity contribution in [2.75, 3.05) is 0 Å². The third-order valence-corrected chi connectivity index (χ3v) is 4.95. The normalized spacial score (nSPS) is 28.5. The fraction of sp³-hybridized carbons (Fsp3) is 0.529. The lowest BCUT2D eigenvalue weighted by Gasteiger charge is -2.41. The number of hydrogen-bond acceptors (Lipinski definition) is 4. The molecule has 0 aromatic rings. The van der Waals surface area contributed by atoms with Gasteiger partial charge in [-0.15, -0.1) is 0 Å². The van der Waals surface area contributed by atoms with Crippen LogP contribution in [0.1, 0.15) is 53.4 Å². The Bertz CT molecular complexity index is 648. The molecule has 0 fully saturated rings. The van der Waals surface area contributed by atoms with E-state index in [1.807, 2.05) is 13.8 Å². The summed E-state index contributed by atoms with van der Waals surface area (Å²) in [6.07, 6.45) is 3.54. The summed E-state index contributed by atoms with van der Waals surface area (Å²) in [5, 5.41) is 0. The molecule has 0 bridgehead atoms. The minimum absolute atomic E-state index is 0.00251. The van der Waals surface area contributed by atoms with Gasteiger partial charge in [-0.3, -0.25) is 4.79 Å². The van der Waals surface area contributed by atoms with E-state index in [2.05, 4.69) is 6.92 Å².